The number of nitrogens with one attached hydrogen (secondary N) is 1. The van der Waals surface area contributed by atoms with Gasteiger partial charge in [0.05, 0.1) is 45.7 Å². The zero-order valence-electron chi connectivity index (χ0n) is 23.8. The third-order valence-corrected chi connectivity index (χ3v) is 8.15. The van der Waals surface area contributed by atoms with Crippen LogP contribution in [0.2, 0.25) is 0 Å². The SMILES string of the molecule is Cl.Fc1cc(I)cc(N2CCOCC2)n1.Ic1cc(N[C@@H]2CCCOC2)nc(N2CCOCC2)c1.N[C@@H]1CCCOC1. The summed E-state index contributed by atoms with van der Waals surface area (Å²) in [5, 5.41) is 3.50. The van der Waals surface area contributed by atoms with Crippen molar-refractivity contribution in [1.82, 2.24) is 9.97 Å². The molecule has 0 saturated carbocycles. The molecule has 4 aliphatic rings. The van der Waals surface area contributed by atoms with Gasteiger partial charge in [-0.15, -0.1) is 12.4 Å². The summed E-state index contributed by atoms with van der Waals surface area (Å²) >= 11 is 4.44. The lowest BCUT2D eigenvalue weighted by Crippen LogP contribution is -2.37. The monoisotopic (exact) mass is 834 g/mol. The van der Waals surface area contributed by atoms with Gasteiger partial charge in [-0.2, -0.15) is 4.39 Å². The zero-order valence-corrected chi connectivity index (χ0v) is 29.0. The minimum atomic E-state index is -0.418. The lowest BCUT2D eigenvalue weighted by Gasteiger charge is -2.29. The average molecular weight is 835 g/mol. The highest BCUT2D eigenvalue weighted by atomic mass is 127. The Kier molecular flexibility index (Phi) is 16.6. The first-order chi connectivity index (χ1) is 20.0. The number of morpholine rings is 2. The number of anilines is 3. The fourth-order valence-corrected chi connectivity index (χ4v) is 5.86. The van der Waals surface area contributed by atoms with Gasteiger partial charge in [0.15, 0.2) is 0 Å². The molecule has 6 rings (SSSR count). The Bertz CT molecular complexity index is 1040. The molecule has 3 N–H and O–H groups in total. The summed E-state index contributed by atoms with van der Waals surface area (Å²) in [5.41, 5.74) is 5.51. The van der Waals surface area contributed by atoms with Crippen LogP contribution in [-0.4, -0.2) is 101 Å². The zero-order chi connectivity index (χ0) is 28.9. The second kappa shape index (κ2) is 19.5. The van der Waals surface area contributed by atoms with Crippen LogP contribution in [-0.2, 0) is 18.9 Å². The van der Waals surface area contributed by atoms with Crippen molar-refractivity contribution < 1.29 is 23.3 Å². The van der Waals surface area contributed by atoms with Gasteiger partial charge in [0.1, 0.15) is 17.5 Å². The Balaban J connectivity index is 0.000000191. The minimum absolute atomic E-state index is 0. The molecule has 0 aromatic carbocycles. The van der Waals surface area contributed by atoms with Gasteiger partial charge in [0.2, 0.25) is 5.95 Å². The number of hydrogen-bond donors (Lipinski definition) is 2. The average Bonchev–Trinajstić information content (AvgIpc) is 2.99. The number of pyridine rings is 2. The minimum Gasteiger partial charge on any atom is -0.380 e. The third-order valence-electron chi connectivity index (χ3n) is 6.90. The van der Waals surface area contributed by atoms with E-state index in [1.165, 1.54) is 9.64 Å². The van der Waals surface area contributed by atoms with Crippen molar-refractivity contribution in [3.63, 3.8) is 0 Å². The van der Waals surface area contributed by atoms with E-state index in [4.69, 9.17) is 29.7 Å². The molecule has 10 nitrogen and oxygen atoms in total. The highest BCUT2D eigenvalue weighted by Gasteiger charge is 2.17. The van der Waals surface area contributed by atoms with E-state index in [1.54, 1.807) is 0 Å². The molecule has 0 radical (unpaired) electrons. The van der Waals surface area contributed by atoms with Crippen LogP contribution in [0.3, 0.4) is 0 Å². The van der Waals surface area contributed by atoms with Crippen LogP contribution in [0.25, 0.3) is 0 Å². The van der Waals surface area contributed by atoms with Gasteiger partial charge in [-0.1, -0.05) is 0 Å². The molecule has 236 valence electrons. The molecule has 42 heavy (non-hydrogen) atoms. The molecular weight excluding hydrogens is 793 g/mol. The quantitative estimate of drug-likeness (QED) is 0.342. The van der Waals surface area contributed by atoms with E-state index >= 15 is 0 Å². The first-order valence-corrected chi connectivity index (χ1v) is 16.5. The van der Waals surface area contributed by atoms with Gasteiger partial charge in [-0.25, -0.2) is 9.97 Å². The normalized spacial score (nSPS) is 22.5. The van der Waals surface area contributed by atoms with Crippen molar-refractivity contribution in [3.05, 3.63) is 37.4 Å². The van der Waals surface area contributed by atoms with Gasteiger partial charge in [-0.3, -0.25) is 0 Å². The van der Waals surface area contributed by atoms with Gasteiger partial charge in [0.25, 0.3) is 0 Å². The fourth-order valence-electron chi connectivity index (χ4n) is 4.75. The highest BCUT2D eigenvalue weighted by Crippen LogP contribution is 2.22. The number of hydrogen-bond acceptors (Lipinski definition) is 10. The first kappa shape index (κ1) is 35.7. The van der Waals surface area contributed by atoms with Crippen molar-refractivity contribution in [1.29, 1.82) is 0 Å². The molecule has 2 aromatic rings. The third kappa shape index (κ3) is 12.7. The molecule has 0 spiro atoms. The maximum absolute atomic E-state index is 13.0. The standard InChI is InChI=1S/C14H20IN3O2.C9H10FIN2O.C5H11NO.ClH/c15-11-8-13(16-12-2-1-5-20-10-12)17-14(9-11)18-3-6-19-7-4-18;10-8-5-7(11)6-9(12-8)13-1-3-14-4-2-13;6-5-2-1-3-7-4-5;/h8-9,12H,1-7,10H2,(H,16,17);5-6H,1-4H2;5H,1-4,6H2;1H/t12-;;5-;/m1.1./s1. The Morgan fingerprint density at radius 1 is 0.738 bits per heavy atom. The highest BCUT2D eigenvalue weighted by molar-refractivity contribution is 14.1. The maximum atomic E-state index is 13.0. The molecule has 0 amide bonds. The Hall–Kier alpha value is -0.820. The van der Waals surface area contributed by atoms with Crippen molar-refractivity contribution >= 4 is 75.0 Å². The van der Waals surface area contributed by atoms with Crippen LogP contribution in [0.4, 0.5) is 21.8 Å². The van der Waals surface area contributed by atoms with Gasteiger partial charge >= 0.3 is 0 Å². The van der Waals surface area contributed by atoms with E-state index in [-0.39, 0.29) is 12.4 Å². The van der Waals surface area contributed by atoms with E-state index < -0.39 is 5.95 Å². The predicted molar refractivity (Wildman–Crippen MR) is 183 cm³/mol. The topological polar surface area (TPSA) is 107 Å². The number of rotatable bonds is 4. The van der Waals surface area contributed by atoms with Gasteiger partial charge in [0, 0.05) is 58.6 Å². The predicted octanol–water partition coefficient (Wildman–Crippen LogP) is 4.32. The fraction of sp³-hybridized carbons (Fsp3) is 0.643. The van der Waals surface area contributed by atoms with E-state index in [0.717, 1.165) is 107 Å². The Labute approximate surface area is 281 Å². The van der Waals surface area contributed by atoms with Crippen LogP contribution >= 0.6 is 57.6 Å². The molecule has 2 aromatic heterocycles. The first-order valence-electron chi connectivity index (χ1n) is 14.3. The number of halogens is 4. The lowest BCUT2D eigenvalue weighted by molar-refractivity contribution is 0.0822. The summed E-state index contributed by atoms with van der Waals surface area (Å²) in [7, 11) is 0. The Morgan fingerprint density at radius 2 is 1.29 bits per heavy atom. The summed E-state index contributed by atoms with van der Waals surface area (Å²) in [6.45, 7) is 9.68. The van der Waals surface area contributed by atoms with Crippen LogP contribution in [0.1, 0.15) is 25.7 Å². The van der Waals surface area contributed by atoms with Crippen molar-refractivity contribution in [2.75, 3.05) is 94.2 Å². The molecule has 4 aliphatic heterocycles. The molecule has 6 heterocycles. The van der Waals surface area contributed by atoms with Crippen molar-refractivity contribution in [3.8, 4) is 0 Å². The number of nitrogens with zero attached hydrogens (tertiary/aromatic N) is 4. The maximum Gasteiger partial charge on any atom is 0.215 e. The summed E-state index contributed by atoms with van der Waals surface area (Å²) in [6.07, 6.45) is 4.55. The van der Waals surface area contributed by atoms with Crippen LogP contribution < -0.4 is 20.9 Å². The molecule has 14 heteroatoms. The van der Waals surface area contributed by atoms with E-state index in [9.17, 15) is 4.39 Å². The second-order valence-electron chi connectivity index (χ2n) is 10.2. The molecular formula is C28H42ClFI2N6O4. The summed E-state index contributed by atoms with van der Waals surface area (Å²) < 4.78 is 36.3. The van der Waals surface area contributed by atoms with E-state index in [0.29, 0.717) is 31.1 Å². The summed E-state index contributed by atoms with van der Waals surface area (Å²) in [5.74, 6) is 2.28. The molecule has 4 saturated heterocycles. The molecule has 0 unspecified atom stereocenters. The van der Waals surface area contributed by atoms with E-state index in [1.807, 2.05) is 11.0 Å². The number of aromatic nitrogens is 2. The summed E-state index contributed by atoms with van der Waals surface area (Å²) in [6, 6.07) is 8.23. The van der Waals surface area contributed by atoms with Crippen LogP contribution in [0.5, 0.6) is 0 Å². The number of ether oxygens (including phenoxy) is 4. The molecule has 2 atom stereocenters. The second-order valence-corrected chi connectivity index (χ2v) is 12.7. The molecule has 0 bridgehead atoms. The van der Waals surface area contributed by atoms with Gasteiger partial charge < -0.3 is 39.8 Å². The summed E-state index contributed by atoms with van der Waals surface area (Å²) in [4.78, 5) is 12.9. The molecule has 0 aliphatic carbocycles. The number of nitrogens with two attached hydrogens (primary N) is 1. The van der Waals surface area contributed by atoms with Gasteiger partial charge in [-0.05, 0) is 89.1 Å². The van der Waals surface area contributed by atoms with Crippen LogP contribution in [0, 0.1) is 13.1 Å². The Morgan fingerprint density at radius 3 is 1.76 bits per heavy atom. The molecule has 4 fully saturated rings. The van der Waals surface area contributed by atoms with Crippen LogP contribution in [0.15, 0.2) is 24.3 Å². The van der Waals surface area contributed by atoms with Crippen molar-refractivity contribution in [2.24, 2.45) is 5.73 Å². The largest absolute Gasteiger partial charge is 0.380 e. The van der Waals surface area contributed by atoms with Crippen molar-refractivity contribution in [2.45, 2.75) is 37.8 Å². The lowest BCUT2D eigenvalue weighted by atomic mass is 10.1. The van der Waals surface area contributed by atoms with E-state index in [2.05, 4.69) is 72.5 Å². The smallest absolute Gasteiger partial charge is 0.215 e.